The Kier molecular flexibility index (Phi) is 8.69. The number of hydrogen-bond acceptors (Lipinski definition) is 5. The lowest BCUT2D eigenvalue weighted by molar-refractivity contribution is -0.145. The van der Waals surface area contributed by atoms with E-state index in [9.17, 15) is 19.5 Å². The van der Waals surface area contributed by atoms with Crippen molar-refractivity contribution in [1.82, 2.24) is 15.2 Å². The molecule has 208 valence electrons. The highest BCUT2D eigenvalue weighted by molar-refractivity contribution is 6.40. The number of carbonyl (C=O) groups excluding carboxylic acids is 2. The van der Waals surface area contributed by atoms with E-state index in [0.29, 0.717) is 23.8 Å². The number of anilines is 1. The lowest BCUT2D eigenvalue weighted by atomic mass is 9.74. The van der Waals surface area contributed by atoms with Gasteiger partial charge in [-0.2, -0.15) is 0 Å². The van der Waals surface area contributed by atoms with Gasteiger partial charge in [0, 0.05) is 37.1 Å². The molecule has 2 amide bonds. The molecule has 0 radical (unpaired) electrons. The molecule has 2 bridgehead atoms. The number of aliphatic carboxylic acids is 1. The van der Waals surface area contributed by atoms with Crippen LogP contribution in [0.15, 0.2) is 67.0 Å². The fourth-order valence-corrected chi connectivity index (χ4v) is 6.41. The molecule has 2 aromatic carbocycles. The Morgan fingerprint density at radius 2 is 1.57 bits per heavy atom. The van der Waals surface area contributed by atoms with E-state index >= 15 is 0 Å². The number of nitrogens with one attached hydrogen (secondary N) is 2. The second kappa shape index (κ2) is 12.4. The van der Waals surface area contributed by atoms with E-state index < -0.39 is 17.9 Å². The number of aromatic nitrogens is 1. The van der Waals surface area contributed by atoms with Gasteiger partial charge in [0.15, 0.2) is 0 Å². The van der Waals surface area contributed by atoms with Crippen LogP contribution >= 0.6 is 23.2 Å². The number of nitrogens with zero attached hydrogens (tertiary/aromatic N) is 2. The zero-order chi connectivity index (χ0) is 28.2. The first-order valence-corrected chi connectivity index (χ1v) is 14.1. The lowest BCUT2D eigenvalue weighted by Gasteiger charge is -2.50. The maximum Gasteiger partial charge on any atom is 0.326 e. The number of halogens is 2. The number of hydrogen-bond donors (Lipinski definition) is 3. The van der Waals surface area contributed by atoms with Crippen LogP contribution in [-0.4, -0.2) is 50.9 Å². The van der Waals surface area contributed by atoms with Gasteiger partial charge in [-0.15, -0.1) is 0 Å². The Morgan fingerprint density at radius 1 is 0.925 bits per heavy atom. The van der Waals surface area contributed by atoms with Crippen LogP contribution in [0.2, 0.25) is 10.0 Å². The molecule has 0 unspecified atom stereocenters. The van der Waals surface area contributed by atoms with Gasteiger partial charge in [-0.1, -0.05) is 65.7 Å². The van der Waals surface area contributed by atoms with Crippen LogP contribution < -0.4 is 10.6 Å². The van der Waals surface area contributed by atoms with Crippen molar-refractivity contribution in [2.24, 2.45) is 5.92 Å². The predicted molar refractivity (Wildman–Crippen MR) is 153 cm³/mol. The first-order valence-electron chi connectivity index (χ1n) is 13.3. The van der Waals surface area contributed by atoms with Crippen LogP contribution in [0.25, 0.3) is 0 Å². The minimum atomic E-state index is -1.09. The molecule has 2 atom stereocenters. The van der Waals surface area contributed by atoms with E-state index in [2.05, 4.69) is 32.7 Å². The minimum Gasteiger partial charge on any atom is -0.480 e. The maximum absolute atomic E-state index is 13.6. The molecule has 3 fully saturated rings. The molecule has 3 N–H and O–H groups in total. The number of piperidine rings is 2. The van der Waals surface area contributed by atoms with E-state index in [1.165, 1.54) is 12.4 Å². The maximum atomic E-state index is 13.6. The quantitative estimate of drug-likeness (QED) is 0.321. The molecule has 1 saturated carbocycles. The molecular weight excluding hydrogens is 551 g/mol. The fourth-order valence-electron chi connectivity index (χ4n) is 5.87. The van der Waals surface area contributed by atoms with Gasteiger partial charge in [-0.25, -0.2) is 4.79 Å². The van der Waals surface area contributed by atoms with Gasteiger partial charge in [-0.3, -0.25) is 19.5 Å². The standard InChI is InChI=1S/C30H30Cl2N4O4/c31-23-15-33-16-24(32)26(23)28(37)34-21-10-6-18(7-11-21)14-25(30(39)40)35-29(38)27-20-8-12-22(13-9-20)36(27)17-19-4-2-1-3-5-19/h1-7,10-11,15-16,20,22,25,27H,8-9,12-14,17H2,(H,34,37)(H,35,38)(H,39,40)/t20?,22?,25-,27-/m0/s1. The topological polar surface area (TPSA) is 112 Å². The third-order valence-electron chi connectivity index (χ3n) is 7.84. The van der Waals surface area contributed by atoms with E-state index in [-0.39, 0.29) is 39.9 Å². The van der Waals surface area contributed by atoms with Crippen LogP contribution in [0, 0.1) is 5.92 Å². The van der Waals surface area contributed by atoms with Crippen molar-refractivity contribution in [1.29, 1.82) is 0 Å². The smallest absolute Gasteiger partial charge is 0.326 e. The summed E-state index contributed by atoms with van der Waals surface area (Å²) in [6.07, 6.45) is 6.87. The molecule has 1 aromatic heterocycles. The molecule has 2 saturated heterocycles. The summed E-state index contributed by atoms with van der Waals surface area (Å²) < 4.78 is 0. The monoisotopic (exact) mass is 580 g/mol. The first-order chi connectivity index (χ1) is 19.3. The Labute approximate surface area is 242 Å². The normalized spacial score (nSPS) is 21.0. The molecule has 2 aliphatic heterocycles. The van der Waals surface area contributed by atoms with E-state index in [1.54, 1.807) is 24.3 Å². The van der Waals surface area contributed by atoms with Crippen molar-refractivity contribution in [3.8, 4) is 0 Å². The van der Waals surface area contributed by atoms with Gasteiger partial charge >= 0.3 is 5.97 Å². The number of amides is 2. The van der Waals surface area contributed by atoms with Gasteiger partial charge in [0.2, 0.25) is 5.91 Å². The Bertz CT molecular complexity index is 1360. The Hall–Kier alpha value is -3.46. The van der Waals surface area contributed by atoms with Crippen LogP contribution in [0.1, 0.15) is 47.2 Å². The second-order valence-electron chi connectivity index (χ2n) is 10.4. The molecule has 3 aliphatic rings. The summed E-state index contributed by atoms with van der Waals surface area (Å²) >= 11 is 12.1. The predicted octanol–water partition coefficient (Wildman–Crippen LogP) is 5.20. The summed E-state index contributed by atoms with van der Waals surface area (Å²) in [7, 11) is 0. The van der Waals surface area contributed by atoms with Crippen LogP contribution in [0.4, 0.5) is 5.69 Å². The molecule has 6 rings (SSSR count). The zero-order valence-electron chi connectivity index (χ0n) is 21.7. The van der Waals surface area contributed by atoms with Crippen LogP contribution in [-0.2, 0) is 22.6 Å². The number of carboxylic acids is 1. The third-order valence-corrected chi connectivity index (χ3v) is 8.41. The summed E-state index contributed by atoms with van der Waals surface area (Å²) in [5, 5.41) is 15.8. The highest BCUT2D eigenvalue weighted by Crippen LogP contribution is 2.40. The van der Waals surface area contributed by atoms with E-state index in [0.717, 1.165) is 31.2 Å². The van der Waals surface area contributed by atoms with Crippen molar-refractivity contribution in [2.75, 3.05) is 5.32 Å². The summed E-state index contributed by atoms with van der Waals surface area (Å²) in [6, 6.07) is 15.7. The fraction of sp³-hybridized carbons (Fsp3) is 0.333. The lowest BCUT2D eigenvalue weighted by Crippen LogP contribution is -2.62. The van der Waals surface area contributed by atoms with E-state index in [4.69, 9.17) is 23.2 Å². The number of pyridine rings is 1. The van der Waals surface area contributed by atoms with Crippen molar-refractivity contribution in [2.45, 2.75) is 56.8 Å². The summed E-state index contributed by atoms with van der Waals surface area (Å²) in [5.41, 5.74) is 2.46. The summed E-state index contributed by atoms with van der Waals surface area (Å²) in [4.78, 5) is 44.5. The number of rotatable bonds is 9. The average molecular weight is 582 g/mol. The minimum absolute atomic E-state index is 0.108. The molecule has 3 heterocycles. The molecular formula is C30H30Cl2N4O4. The van der Waals surface area contributed by atoms with Crippen molar-refractivity contribution >= 4 is 46.7 Å². The highest BCUT2D eigenvalue weighted by Gasteiger charge is 2.45. The Balaban J connectivity index is 1.25. The molecule has 10 heteroatoms. The van der Waals surface area contributed by atoms with Crippen molar-refractivity contribution in [3.05, 3.63) is 93.7 Å². The third kappa shape index (κ3) is 6.30. The zero-order valence-corrected chi connectivity index (χ0v) is 23.2. The van der Waals surface area contributed by atoms with Crippen LogP contribution in [0.3, 0.4) is 0 Å². The number of carbonyl (C=O) groups is 3. The average Bonchev–Trinajstić information content (AvgIpc) is 2.94. The van der Waals surface area contributed by atoms with Crippen molar-refractivity contribution in [3.63, 3.8) is 0 Å². The largest absolute Gasteiger partial charge is 0.480 e. The molecule has 1 aliphatic carbocycles. The van der Waals surface area contributed by atoms with Gasteiger partial charge in [0.1, 0.15) is 6.04 Å². The highest BCUT2D eigenvalue weighted by atomic mass is 35.5. The van der Waals surface area contributed by atoms with Gasteiger partial charge in [-0.05, 0) is 54.9 Å². The number of benzene rings is 2. The number of fused-ring (bicyclic) bond motifs is 3. The van der Waals surface area contributed by atoms with Crippen LogP contribution in [0.5, 0.6) is 0 Å². The van der Waals surface area contributed by atoms with E-state index in [1.807, 2.05) is 18.2 Å². The molecule has 40 heavy (non-hydrogen) atoms. The van der Waals surface area contributed by atoms with Gasteiger partial charge < -0.3 is 15.7 Å². The molecule has 3 aromatic rings. The van der Waals surface area contributed by atoms with Gasteiger partial charge in [0.05, 0.1) is 21.7 Å². The summed E-state index contributed by atoms with van der Waals surface area (Å²) in [6.45, 7) is 0.668. The SMILES string of the molecule is O=C(Nc1ccc(C[C@H](NC(=O)[C@@H]2C3CCC(CC3)N2Cc2ccccc2)C(=O)O)cc1)c1c(Cl)cncc1Cl. The summed E-state index contributed by atoms with van der Waals surface area (Å²) in [5.74, 6) is -1.59. The van der Waals surface area contributed by atoms with Gasteiger partial charge in [0.25, 0.3) is 5.91 Å². The second-order valence-corrected chi connectivity index (χ2v) is 11.2. The Morgan fingerprint density at radius 3 is 2.20 bits per heavy atom. The molecule has 0 spiro atoms. The first kappa shape index (κ1) is 28.1. The number of carboxylic acid groups (broad SMARTS) is 1. The van der Waals surface area contributed by atoms with Crippen molar-refractivity contribution < 1.29 is 19.5 Å². The molecule has 8 nitrogen and oxygen atoms in total.